The van der Waals surface area contributed by atoms with Crippen LogP contribution in [0.1, 0.15) is 0 Å². The number of sulfonamides is 1. The molecular weight excluding hydrogens is 317 g/mol. The van der Waals surface area contributed by atoms with Crippen molar-refractivity contribution in [2.75, 3.05) is 18.1 Å². The Morgan fingerprint density at radius 1 is 1.14 bits per heavy atom. The fraction of sp³-hybridized carbons (Fsp3) is 0.0769. The zero-order valence-corrected chi connectivity index (χ0v) is 12.6. The van der Waals surface area contributed by atoms with E-state index in [1.165, 1.54) is 31.3 Å². The van der Waals surface area contributed by atoms with Crippen molar-refractivity contribution in [3.63, 3.8) is 0 Å². The van der Waals surface area contributed by atoms with E-state index >= 15 is 0 Å². The van der Waals surface area contributed by atoms with Gasteiger partial charge in [0.15, 0.2) is 0 Å². The largest absolute Gasteiger partial charge is 0.399 e. The Hall–Kier alpha value is -1.83. The number of halogens is 2. The molecule has 4 N–H and O–H groups in total. The molecule has 0 unspecified atom stereocenters. The fourth-order valence-electron chi connectivity index (χ4n) is 1.71. The van der Waals surface area contributed by atoms with Gasteiger partial charge in [0.25, 0.3) is 0 Å². The molecule has 0 aliphatic heterocycles. The second-order valence-electron chi connectivity index (χ2n) is 4.21. The summed E-state index contributed by atoms with van der Waals surface area (Å²) in [4.78, 5) is -0.0228. The van der Waals surface area contributed by atoms with Crippen molar-refractivity contribution < 1.29 is 12.8 Å². The molecule has 112 valence electrons. The standard InChI is InChI=1S/C13H13ClFN3O2S/c1-17-21(19,20)13-7-9(16)3-5-12(13)18-11-4-2-8(15)6-10(11)14/h2-7,17-18H,16H2,1H3. The highest BCUT2D eigenvalue weighted by Gasteiger charge is 2.18. The van der Waals surface area contributed by atoms with E-state index in [1.807, 2.05) is 0 Å². The van der Waals surface area contributed by atoms with Gasteiger partial charge in [0, 0.05) is 5.69 Å². The van der Waals surface area contributed by atoms with Gasteiger partial charge in [-0.1, -0.05) is 11.6 Å². The van der Waals surface area contributed by atoms with Gasteiger partial charge in [-0.05, 0) is 43.4 Å². The first kappa shape index (κ1) is 15.6. The molecule has 21 heavy (non-hydrogen) atoms. The second kappa shape index (κ2) is 5.88. The van der Waals surface area contributed by atoms with Crippen LogP contribution in [0.5, 0.6) is 0 Å². The lowest BCUT2D eigenvalue weighted by atomic mass is 10.2. The third-order valence-corrected chi connectivity index (χ3v) is 4.53. The van der Waals surface area contributed by atoms with E-state index in [1.54, 1.807) is 6.07 Å². The van der Waals surface area contributed by atoms with Crippen LogP contribution >= 0.6 is 11.6 Å². The molecule has 0 radical (unpaired) electrons. The molecular formula is C13H13ClFN3O2S. The number of nitrogens with two attached hydrogens (primary N) is 1. The van der Waals surface area contributed by atoms with Crippen LogP contribution in [-0.2, 0) is 10.0 Å². The number of nitrogen functional groups attached to an aromatic ring is 1. The average molecular weight is 330 g/mol. The zero-order chi connectivity index (χ0) is 15.6. The van der Waals surface area contributed by atoms with E-state index in [0.717, 1.165) is 6.07 Å². The number of hydrogen-bond donors (Lipinski definition) is 3. The van der Waals surface area contributed by atoms with E-state index in [-0.39, 0.29) is 15.6 Å². The summed E-state index contributed by atoms with van der Waals surface area (Å²) in [7, 11) is -2.40. The first-order valence-corrected chi connectivity index (χ1v) is 7.75. The molecule has 5 nitrogen and oxygen atoms in total. The maximum absolute atomic E-state index is 13.0. The van der Waals surface area contributed by atoms with Gasteiger partial charge >= 0.3 is 0 Å². The van der Waals surface area contributed by atoms with Crippen molar-refractivity contribution in [1.29, 1.82) is 0 Å². The molecule has 0 aromatic heterocycles. The number of hydrogen-bond acceptors (Lipinski definition) is 4. The summed E-state index contributed by atoms with van der Waals surface area (Å²) in [6.07, 6.45) is 0. The van der Waals surface area contributed by atoms with Crippen LogP contribution in [0.2, 0.25) is 5.02 Å². The molecule has 0 atom stereocenters. The van der Waals surface area contributed by atoms with E-state index in [0.29, 0.717) is 11.4 Å². The molecule has 0 fully saturated rings. The van der Waals surface area contributed by atoms with Crippen molar-refractivity contribution in [2.45, 2.75) is 4.90 Å². The van der Waals surface area contributed by atoms with Crippen molar-refractivity contribution in [1.82, 2.24) is 4.72 Å². The molecule has 2 aromatic rings. The Morgan fingerprint density at radius 3 is 2.43 bits per heavy atom. The Kier molecular flexibility index (Phi) is 4.36. The lowest BCUT2D eigenvalue weighted by molar-refractivity contribution is 0.588. The predicted octanol–water partition coefficient (Wildman–Crippen LogP) is 2.71. The second-order valence-corrected chi connectivity index (χ2v) is 6.47. The summed E-state index contributed by atoms with van der Waals surface area (Å²) >= 11 is 5.92. The summed E-state index contributed by atoms with van der Waals surface area (Å²) in [6, 6.07) is 8.16. The number of anilines is 3. The Balaban J connectivity index is 2.50. The van der Waals surface area contributed by atoms with Crippen LogP contribution in [0.4, 0.5) is 21.5 Å². The van der Waals surface area contributed by atoms with E-state index < -0.39 is 15.8 Å². The van der Waals surface area contributed by atoms with Crippen molar-refractivity contribution in [3.05, 3.63) is 47.2 Å². The van der Waals surface area contributed by atoms with Gasteiger partial charge in [-0.15, -0.1) is 0 Å². The van der Waals surface area contributed by atoms with Crippen molar-refractivity contribution in [3.8, 4) is 0 Å². The van der Waals surface area contributed by atoms with Crippen LogP contribution in [0.25, 0.3) is 0 Å². The fourth-order valence-corrected chi connectivity index (χ4v) is 2.84. The van der Waals surface area contributed by atoms with Gasteiger partial charge in [0.2, 0.25) is 10.0 Å². The first-order chi connectivity index (χ1) is 9.83. The summed E-state index contributed by atoms with van der Waals surface area (Å²) in [5.74, 6) is -0.481. The van der Waals surface area contributed by atoms with Gasteiger partial charge in [-0.2, -0.15) is 0 Å². The van der Waals surface area contributed by atoms with E-state index in [2.05, 4.69) is 10.0 Å². The normalized spacial score (nSPS) is 11.4. The monoisotopic (exact) mass is 329 g/mol. The minimum atomic E-state index is -3.70. The SMILES string of the molecule is CNS(=O)(=O)c1cc(N)ccc1Nc1ccc(F)cc1Cl. The lowest BCUT2D eigenvalue weighted by Crippen LogP contribution is -2.20. The van der Waals surface area contributed by atoms with E-state index in [4.69, 9.17) is 17.3 Å². The molecule has 0 heterocycles. The highest BCUT2D eigenvalue weighted by Crippen LogP contribution is 2.30. The smallest absolute Gasteiger partial charge is 0.242 e. The molecule has 8 heteroatoms. The van der Waals surface area contributed by atoms with Crippen LogP contribution in [-0.4, -0.2) is 15.5 Å². The molecule has 0 saturated carbocycles. The quantitative estimate of drug-likeness (QED) is 0.753. The molecule has 0 amide bonds. The summed E-state index contributed by atoms with van der Waals surface area (Å²) in [5.41, 5.74) is 6.60. The van der Waals surface area contributed by atoms with Crippen LogP contribution in [0.3, 0.4) is 0 Å². The third-order valence-electron chi connectivity index (χ3n) is 2.76. The highest BCUT2D eigenvalue weighted by molar-refractivity contribution is 7.89. The maximum Gasteiger partial charge on any atom is 0.242 e. The maximum atomic E-state index is 13.0. The van der Waals surface area contributed by atoms with Crippen molar-refractivity contribution >= 4 is 38.7 Å². The Bertz CT molecular complexity index is 781. The Morgan fingerprint density at radius 2 is 1.81 bits per heavy atom. The van der Waals surface area contributed by atoms with Gasteiger partial charge in [-0.3, -0.25) is 0 Å². The summed E-state index contributed by atoms with van der Waals surface area (Å²) in [6.45, 7) is 0. The topological polar surface area (TPSA) is 84.2 Å². The van der Waals surface area contributed by atoms with Crippen LogP contribution < -0.4 is 15.8 Å². The van der Waals surface area contributed by atoms with Crippen LogP contribution in [0, 0.1) is 5.82 Å². The minimum absolute atomic E-state index is 0.0228. The van der Waals surface area contributed by atoms with Gasteiger partial charge in [0.05, 0.1) is 16.4 Å². The number of rotatable bonds is 4. The molecule has 0 bridgehead atoms. The van der Waals surface area contributed by atoms with Crippen LogP contribution in [0.15, 0.2) is 41.3 Å². The summed E-state index contributed by atoms with van der Waals surface area (Å²) in [5, 5.41) is 3.00. The number of benzene rings is 2. The minimum Gasteiger partial charge on any atom is -0.399 e. The molecule has 2 aromatic carbocycles. The molecule has 0 aliphatic rings. The highest BCUT2D eigenvalue weighted by atomic mass is 35.5. The summed E-state index contributed by atoms with van der Waals surface area (Å²) < 4.78 is 39.3. The molecule has 2 rings (SSSR count). The predicted molar refractivity (Wildman–Crippen MR) is 81.8 cm³/mol. The van der Waals surface area contributed by atoms with E-state index in [9.17, 15) is 12.8 Å². The Labute approximate surface area is 127 Å². The zero-order valence-electron chi connectivity index (χ0n) is 11.0. The lowest BCUT2D eigenvalue weighted by Gasteiger charge is -2.14. The van der Waals surface area contributed by atoms with Gasteiger partial charge in [0.1, 0.15) is 10.7 Å². The third kappa shape index (κ3) is 3.44. The number of nitrogens with one attached hydrogen (secondary N) is 2. The molecule has 0 saturated heterocycles. The van der Waals surface area contributed by atoms with Gasteiger partial charge < -0.3 is 11.1 Å². The molecule has 0 spiro atoms. The van der Waals surface area contributed by atoms with Gasteiger partial charge in [-0.25, -0.2) is 17.5 Å². The first-order valence-electron chi connectivity index (χ1n) is 5.88. The van der Waals surface area contributed by atoms with Crippen molar-refractivity contribution in [2.24, 2.45) is 0 Å². The average Bonchev–Trinajstić information content (AvgIpc) is 2.43. The molecule has 0 aliphatic carbocycles.